The van der Waals surface area contributed by atoms with Crippen molar-refractivity contribution in [3.8, 4) is 0 Å². The second kappa shape index (κ2) is 5.53. The molecule has 1 atom stereocenters. The first-order valence-corrected chi connectivity index (χ1v) is 9.34. The highest BCUT2D eigenvalue weighted by molar-refractivity contribution is 7.99. The fraction of sp³-hybridized carbons (Fsp3) is 0.800. The molecule has 120 valence electrons. The summed E-state index contributed by atoms with van der Waals surface area (Å²) in [6.45, 7) is 0. The number of carbonyl (C=O) groups is 1. The van der Waals surface area contributed by atoms with Crippen molar-refractivity contribution in [2.45, 2.75) is 56.5 Å². The third kappa shape index (κ3) is 2.34. The van der Waals surface area contributed by atoms with Crippen molar-refractivity contribution in [2.75, 3.05) is 11.6 Å². The number of carbonyl (C=O) groups excluding carboxylic acids is 1. The van der Waals surface area contributed by atoms with Gasteiger partial charge in [0, 0.05) is 11.7 Å². The van der Waals surface area contributed by atoms with Crippen molar-refractivity contribution in [1.82, 2.24) is 15.0 Å². The van der Waals surface area contributed by atoms with E-state index >= 15 is 0 Å². The SMILES string of the molecule is NC1(c2noc(C3CSCN3C(=O)C3CCC3)n2)CCCC1. The third-order valence-corrected chi connectivity index (χ3v) is 6.30. The molecule has 1 aromatic rings. The van der Waals surface area contributed by atoms with E-state index in [0.717, 1.165) is 50.2 Å². The van der Waals surface area contributed by atoms with E-state index in [1.54, 1.807) is 11.8 Å². The zero-order valence-electron chi connectivity index (χ0n) is 12.7. The summed E-state index contributed by atoms with van der Waals surface area (Å²) in [5.41, 5.74) is 5.96. The van der Waals surface area contributed by atoms with E-state index in [1.165, 1.54) is 6.42 Å². The fourth-order valence-electron chi connectivity index (χ4n) is 3.56. The molecular formula is C15H22N4O2S. The molecule has 0 bridgehead atoms. The second-order valence-electron chi connectivity index (χ2n) is 6.77. The lowest BCUT2D eigenvalue weighted by Crippen LogP contribution is -2.39. The number of hydrogen-bond acceptors (Lipinski definition) is 6. The van der Waals surface area contributed by atoms with Gasteiger partial charge in [-0.05, 0) is 25.7 Å². The molecule has 0 radical (unpaired) electrons. The van der Waals surface area contributed by atoms with E-state index in [4.69, 9.17) is 10.3 Å². The van der Waals surface area contributed by atoms with Gasteiger partial charge in [-0.15, -0.1) is 11.8 Å². The van der Waals surface area contributed by atoms with E-state index in [9.17, 15) is 4.79 Å². The minimum absolute atomic E-state index is 0.0793. The molecule has 1 saturated heterocycles. The van der Waals surface area contributed by atoms with Crippen molar-refractivity contribution in [1.29, 1.82) is 0 Å². The van der Waals surface area contributed by atoms with Crippen molar-refractivity contribution >= 4 is 17.7 Å². The van der Waals surface area contributed by atoms with Crippen LogP contribution in [0.25, 0.3) is 0 Å². The summed E-state index contributed by atoms with van der Waals surface area (Å²) in [4.78, 5) is 19.0. The van der Waals surface area contributed by atoms with E-state index in [2.05, 4.69) is 10.1 Å². The van der Waals surface area contributed by atoms with Crippen molar-refractivity contribution in [3.05, 3.63) is 11.7 Å². The Labute approximate surface area is 134 Å². The number of aromatic nitrogens is 2. The zero-order valence-corrected chi connectivity index (χ0v) is 13.5. The lowest BCUT2D eigenvalue weighted by atomic mass is 9.84. The van der Waals surface area contributed by atoms with Crippen LogP contribution in [0.2, 0.25) is 0 Å². The van der Waals surface area contributed by atoms with Gasteiger partial charge in [0.25, 0.3) is 0 Å². The van der Waals surface area contributed by atoms with Crippen LogP contribution >= 0.6 is 11.8 Å². The quantitative estimate of drug-likeness (QED) is 0.918. The summed E-state index contributed by atoms with van der Waals surface area (Å²) >= 11 is 1.75. The molecular weight excluding hydrogens is 300 g/mol. The van der Waals surface area contributed by atoms with Gasteiger partial charge < -0.3 is 15.2 Å². The second-order valence-corrected chi connectivity index (χ2v) is 7.77. The largest absolute Gasteiger partial charge is 0.337 e. The average molecular weight is 322 g/mol. The molecule has 2 heterocycles. The average Bonchev–Trinajstić information content (AvgIpc) is 3.16. The van der Waals surface area contributed by atoms with E-state index in [1.807, 2.05) is 4.90 Å². The predicted molar refractivity (Wildman–Crippen MR) is 82.9 cm³/mol. The number of rotatable bonds is 3. The van der Waals surface area contributed by atoms with Crippen LogP contribution in [0.1, 0.15) is 62.7 Å². The Morgan fingerprint density at radius 2 is 2.09 bits per heavy atom. The van der Waals surface area contributed by atoms with Gasteiger partial charge in [-0.3, -0.25) is 4.79 Å². The number of thioether (sulfide) groups is 1. The molecule has 4 rings (SSSR count). The van der Waals surface area contributed by atoms with Crippen LogP contribution in [0.15, 0.2) is 4.52 Å². The minimum atomic E-state index is -0.434. The molecule has 22 heavy (non-hydrogen) atoms. The van der Waals surface area contributed by atoms with Crippen molar-refractivity contribution in [2.24, 2.45) is 11.7 Å². The summed E-state index contributed by atoms with van der Waals surface area (Å²) in [5, 5.41) is 4.13. The predicted octanol–water partition coefficient (Wildman–Crippen LogP) is 2.17. The summed E-state index contributed by atoms with van der Waals surface area (Å²) in [7, 11) is 0. The molecule has 1 unspecified atom stereocenters. The maximum Gasteiger partial charge on any atom is 0.250 e. The number of amides is 1. The maximum atomic E-state index is 12.5. The van der Waals surface area contributed by atoms with Gasteiger partial charge in [0.05, 0.1) is 11.4 Å². The van der Waals surface area contributed by atoms with E-state index < -0.39 is 5.54 Å². The summed E-state index contributed by atoms with van der Waals surface area (Å²) in [5.74, 6) is 3.20. The molecule has 1 aliphatic heterocycles. The summed E-state index contributed by atoms with van der Waals surface area (Å²) in [6, 6.07) is -0.0793. The fourth-order valence-corrected chi connectivity index (χ4v) is 4.71. The normalized spacial score (nSPS) is 28.0. The molecule has 2 N–H and O–H groups in total. The molecule has 0 spiro atoms. The molecule has 1 aromatic heterocycles. The highest BCUT2D eigenvalue weighted by Gasteiger charge is 2.41. The lowest BCUT2D eigenvalue weighted by molar-refractivity contribution is -0.139. The first-order valence-electron chi connectivity index (χ1n) is 8.18. The van der Waals surface area contributed by atoms with Crippen LogP contribution in [-0.4, -0.2) is 32.6 Å². The Kier molecular flexibility index (Phi) is 3.64. The zero-order chi connectivity index (χ0) is 15.2. The Balaban J connectivity index is 1.53. The first-order chi connectivity index (χ1) is 10.7. The third-order valence-electron chi connectivity index (χ3n) is 5.29. The van der Waals surface area contributed by atoms with Gasteiger partial charge in [0.1, 0.15) is 6.04 Å². The van der Waals surface area contributed by atoms with E-state index in [0.29, 0.717) is 11.7 Å². The smallest absolute Gasteiger partial charge is 0.250 e. The Bertz CT molecular complexity index is 566. The van der Waals surface area contributed by atoms with Crippen LogP contribution in [-0.2, 0) is 10.3 Å². The van der Waals surface area contributed by atoms with Gasteiger partial charge in [-0.25, -0.2) is 0 Å². The van der Waals surface area contributed by atoms with Gasteiger partial charge >= 0.3 is 0 Å². The molecule has 0 aromatic carbocycles. The number of nitrogens with two attached hydrogens (primary N) is 1. The molecule has 1 amide bonds. The van der Waals surface area contributed by atoms with Crippen molar-refractivity contribution in [3.63, 3.8) is 0 Å². The molecule has 7 heteroatoms. The number of hydrogen-bond donors (Lipinski definition) is 1. The van der Waals surface area contributed by atoms with Crippen LogP contribution in [0, 0.1) is 5.92 Å². The standard InChI is InChI=1S/C15H22N4O2S/c16-15(6-1-2-7-15)14-17-12(21-18-14)11-8-22-9-19(11)13(20)10-4-3-5-10/h10-11H,1-9,16H2. The van der Waals surface area contributed by atoms with Gasteiger partial charge in [0.15, 0.2) is 5.82 Å². The summed E-state index contributed by atoms with van der Waals surface area (Å²) < 4.78 is 5.49. The molecule has 6 nitrogen and oxygen atoms in total. The van der Waals surface area contributed by atoms with Crippen LogP contribution in [0.3, 0.4) is 0 Å². The van der Waals surface area contributed by atoms with Crippen LogP contribution in [0.5, 0.6) is 0 Å². The highest BCUT2D eigenvalue weighted by Crippen LogP contribution is 2.39. The van der Waals surface area contributed by atoms with Crippen LogP contribution < -0.4 is 5.73 Å². The Morgan fingerprint density at radius 1 is 1.32 bits per heavy atom. The van der Waals surface area contributed by atoms with Gasteiger partial charge in [-0.1, -0.05) is 24.4 Å². The summed E-state index contributed by atoms with van der Waals surface area (Å²) in [6.07, 6.45) is 7.27. The first kappa shape index (κ1) is 14.5. The van der Waals surface area contributed by atoms with Gasteiger partial charge in [0.2, 0.25) is 11.8 Å². The van der Waals surface area contributed by atoms with E-state index in [-0.39, 0.29) is 17.9 Å². The Hall–Kier alpha value is -1.08. The van der Waals surface area contributed by atoms with Crippen LogP contribution in [0.4, 0.5) is 0 Å². The minimum Gasteiger partial charge on any atom is -0.337 e. The maximum absolute atomic E-state index is 12.5. The topological polar surface area (TPSA) is 85.2 Å². The molecule has 3 aliphatic rings. The Morgan fingerprint density at radius 3 is 2.77 bits per heavy atom. The number of nitrogens with zero attached hydrogens (tertiary/aromatic N) is 3. The monoisotopic (exact) mass is 322 g/mol. The lowest BCUT2D eigenvalue weighted by Gasteiger charge is -2.30. The molecule has 2 saturated carbocycles. The highest BCUT2D eigenvalue weighted by atomic mass is 32.2. The molecule has 2 aliphatic carbocycles. The molecule has 3 fully saturated rings. The van der Waals surface area contributed by atoms with Gasteiger partial charge in [-0.2, -0.15) is 4.98 Å². The van der Waals surface area contributed by atoms with Crippen molar-refractivity contribution < 1.29 is 9.32 Å².